The third-order valence-electron chi connectivity index (χ3n) is 4.28. The summed E-state index contributed by atoms with van der Waals surface area (Å²) in [5.41, 5.74) is -1.56. The largest absolute Gasteiger partial charge is 0.472 e. The first-order chi connectivity index (χ1) is 13.1. The van der Waals surface area contributed by atoms with Gasteiger partial charge in [-0.2, -0.15) is 31.6 Å². The van der Waals surface area contributed by atoms with E-state index in [1.54, 1.807) is 11.0 Å². The Morgan fingerprint density at radius 2 is 1.71 bits per heavy atom. The molecule has 1 aliphatic rings. The van der Waals surface area contributed by atoms with Crippen LogP contribution in [0.4, 0.5) is 32.0 Å². The summed E-state index contributed by atoms with van der Waals surface area (Å²) in [7, 11) is 0. The highest BCUT2D eigenvalue weighted by Gasteiger charge is 2.33. The predicted octanol–water partition coefficient (Wildman–Crippen LogP) is 4.65. The van der Waals surface area contributed by atoms with Gasteiger partial charge >= 0.3 is 12.4 Å². The molecule has 4 nitrogen and oxygen atoms in total. The molecule has 0 spiro atoms. The smallest absolute Gasteiger partial charge is 0.417 e. The summed E-state index contributed by atoms with van der Waals surface area (Å²) in [6.07, 6.45) is -8.31. The summed E-state index contributed by atoms with van der Waals surface area (Å²) in [5.74, 6) is 0.0211. The minimum absolute atomic E-state index is 0.0211. The van der Waals surface area contributed by atoms with E-state index < -0.39 is 29.6 Å². The number of nitrogens with zero attached hydrogens (tertiary/aromatic N) is 3. The van der Waals surface area contributed by atoms with Crippen molar-refractivity contribution in [2.75, 3.05) is 18.0 Å². The van der Waals surface area contributed by atoms with Crippen LogP contribution in [0.1, 0.15) is 23.1 Å². The standard InChI is InChI=1S/C18H13F6N3O/c19-17(20,21)12-1-3-15(11(7-12)8-25)27-6-5-14(10-27)28-16-4-2-13(9-26-16)18(22,23)24/h1-4,7,9,14H,5-6,10H2. The maximum absolute atomic E-state index is 12.8. The molecule has 0 N–H and O–H groups in total. The Bertz CT molecular complexity index is 886. The van der Waals surface area contributed by atoms with Crippen LogP contribution in [-0.4, -0.2) is 24.2 Å². The number of benzene rings is 1. The molecular weight excluding hydrogens is 388 g/mol. The van der Waals surface area contributed by atoms with Crippen LogP contribution < -0.4 is 9.64 Å². The molecule has 2 aromatic rings. The third kappa shape index (κ3) is 4.30. The Hall–Kier alpha value is -2.96. The average Bonchev–Trinajstić information content (AvgIpc) is 3.08. The second-order valence-corrected chi connectivity index (χ2v) is 6.20. The monoisotopic (exact) mass is 401 g/mol. The van der Waals surface area contributed by atoms with Crippen LogP contribution in [0.5, 0.6) is 5.88 Å². The summed E-state index contributed by atoms with van der Waals surface area (Å²) < 4.78 is 81.6. The van der Waals surface area contributed by atoms with Crippen LogP contribution in [0.3, 0.4) is 0 Å². The van der Waals surface area contributed by atoms with Crippen molar-refractivity contribution in [1.29, 1.82) is 5.26 Å². The maximum Gasteiger partial charge on any atom is 0.417 e. The Balaban J connectivity index is 1.70. The van der Waals surface area contributed by atoms with E-state index in [0.717, 1.165) is 24.3 Å². The van der Waals surface area contributed by atoms with Crippen LogP contribution in [0.25, 0.3) is 0 Å². The summed E-state index contributed by atoms with van der Waals surface area (Å²) in [4.78, 5) is 5.34. The molecule has 1 aliphatic heterocycles. The fourth-order valence-corrected chi connectivity index (χ4v) is 2.91. The Morgan fingerprint density at radius 3 is 2.29 bits per heavy atom. The summed E-state index contributed by atoms with van der Waals surface area (Å²) in [5, 5.41) is 9.18. The van der Waals surface area contributed by atoms with Gasteiger partial charge in [0.05, 0.1) is 28.9 Å². The first kappa shape index (κ1) is 19.8. The van der Waals surface area contributed by atoms with E-state index in [4.69, 9.17) is 4.74 Å². The van der Waals surface area contributed by atoms with Gasteiger partial charge in [-0.3, -0.25) is 0 Å². The van der Waals surface area contributed by atoms with Gasteiger partial charge in [-0.25, -0.2) is 4.98 Å². The molecule has 1 fully saturated rings. The normalized spacial score (nSPS) is 17.5. The van der Waals surface area contributed by atoms with Crippen LogP contribution >= 0.6 is 0 Å². The highest BCUT2D eigenvalue weighted by molar-refractivity contribution is 5.61. The number of aromatic nitrogens is 1. The van der Waals surface area contributed by atoms with Crippen molar-refractivity contribution in [3.05, 3.63) is 53.2 Å². The van der Waals surface area contributed by atoms with Crippen molar-refractivity contribution in [2.45, 2.75) is 24.9 Å². The lowest BCUT2D eigenvalue weighted by molar-refractivity contribution is -0.138. The first-order valence-corrected chi connectivity index (χ1v) is 8.14. The Morgan fingerprint density at radius 1 is 1.04 bits per heavy atom. The number of alkyl halides is 6. The molecular formula is C18H13F6N3O. The lowest BCUT2D eigenvalue weighted by Gasteiger charge is -2.21. The number of halogens is 6. The number of anilines is 1. The molecule has 1 unspecified atom stereocenters. The fraction of sp³-hybridized carbons (Fsp3) is 0.333. The van der Waals surface area contributed by atoms with Crippen molar-refractivity contribution >= 4 is 5.69 Å². The molecule has 0 bridgehead atoms. The van der Waals surface area contributed by atoms with Crippen molar-refractivity contribution in [3.63, 3.8) is 0 Å². The molecule has 3 rings (SSSR count). The predicted molar refractivity (Wildman–Crippen MR) is 86.6 cm³/mol. The van der Waals surface area contributed by atoms with Gasteiger partial charge in [0.25, 0.3) is 0 Å². The Labute approximate surface area is 156 Å². The number of pyridine rings is 1. The second-order valence-electron chi connectivity index (χ2n) is 6.20. The van der Waals surface area contributed by atoms with Gasteiger partial charge in [0, 0.05) is 25.2 Å². The summed E-state index contributed by atoms with van der Waals surface area (Å²) >= 11 is 0. The minimum Gasteiger partial charge on any atom is -0.472 e. The molecule has 2 heterocycles. The molecule has 10 heteroatoms. The molecule has 148 valence electrons. The minimum atomic E-state index is -4.55. The van der Waals surface area contributed by atoms with E-state index in [-0.39, 0.29) is 18.0 Å². The molecule has 28 heavy (non-hydrogen) atoms. The quantitative estimate of drug-likeness (QED) is 0.703. The molecule has 1 aromatic heterocycles. The zero-order chi connectivity index (χ0) is 20.5. The zero-order valence-corrected chi connectivity index (χ0v) is 14.2. The van der Waals surface area contributed by atoms with Gasteiger partial charge in [0.15, 0.2) is 0 Å². The van der Waals surface area contributed by atoms with Crippen molar-refractivity contribution in [2.24, 2.45) is 0 Å². The van der Waals surface area contributed by atoms with E-state index in [9.17, 15) is 31.6 Å². The van der Waals surface area contributed by atoms with Crippen molar-refractivity contribution in [3.8, 4) is 11.9 Å². The fourth-order valence-electron chi connectivity index (χ4n) is 2.91. The van der Waals surface area contributed by atoms with Crippen LogP contribution in [-0.2, 0) is 12.4 Å². The van der Waals surface area contributed by atoms with E-state index in [2.05, 4.69) is 4.98 Å². The highest BCUT2D eigenvalue weighted by Crippen LogP contribution is 2.34. The molecule has 0 amide bonds. The summed E-state index contributed by atoms with van der Waals surface area (Å²) in [6, 6.07) is 6.68. The van der Waals surface area contributed by atoms with Crippen LogP contribution in [0.15, 0.2) is 36.5 Å². The van der Waals surface area contributed by atoms with Gasteiger partial charge in [-0.15, -0.1) is 0 Å². The van der Waals surface area contributed by atoms with E-state index in [1.165, 1.54) is 6.07 Å². The molecule has 1 atom stereocenters. The van der Waals surface area contributed by atoms with E-state index in [0.29, 0.717) is 24.8 Å². The van der Waals surface area contributed by atoms with E-state index >= 15 is 0 Å². The molecule has 1 aromatic carbocycles. The zero-order valence-electron chi connectivity index (χ0n) is 14.2. The van der Waals surface area contributed by atoms with Gasteiger partial charge in [-0.1, -0.05) is 0 Å². The lowest BCUT2D eigenvalue weighted by Crippen LogP contribution is -2.25. The van der Waals surface area contributed by atoms with Crippen LogP contribution in [0.2, 0.25) is 0 Å². The highest BCUT2D eigenvalue weighted by atomic mass is 19.4. The van der Waals surface area contributed by atoms with E-state index in [1.807, 2.05) is 0 Å². The molecule has 0 radical (unpaired) electrons. The van der Waals surface area contributed by atoms with Crippen molar-refractivity contribution < 1.29 is 31.1 Å². The average molecular weight is 401 g/mol. The molecule has 1 saturated heterocycles. The number of rotatable bonds is 3. The number of nitriles is 1. The van der Waals surface area contributed by atoms with Gasteiger partial charge in [0.1, 0.15) is 12.2 Å². The van der Waals surface area contributed by atoms with Gasteiger partial charge in [0.2, 0.25) is 5.88 Å². The second kappa shape index (κ2) is 7.22. The Kier molecular flexibility index (Phi) is 5.10. The van der Waals surface area contributed by atoms with Gasteiger partial charge in [-0.05, 0) is 24.3 Å². The number of hydrogen-bond acceptors (Lipinski definition) is 4. The maximum atomic E-state index is 12.8. The number of ether oxygens (including phenoxy) is 1. The lowest BCUT2D eigenvalue weighted by atomic mass is 10.1. The molecule has 0 aliphatic carbocycles. The summed E-state index contributed by atoms with van der Waals surface area (Å²) in [6.45, 7) is 0.689. The van der Waals surface area contributed by atoms with Crippen LogP contribution in [0, 0.1) is 11.3 Å². The topological polar surface area (TPSA) is 49.2 Å². The number of hydrogen-bond donors (Lipinski definition) is 0. The SMILES string of the molecule is N#Cc1cc(C(F)(F)F)ccc1N1CCC(Oc2ccc(C(F)(F)F)cn2)C1. The van der Waals surface area contributed by atoms with Gasteiger partial charge < -0.3 is 9.64 Å². The third-order valence-corrected chi connectivity index (χ3v) is 4.28. The van der Waals surface area contributed by atoms with Crippen molar-refractivity contribution in [1.82, 2.24) is 4.98 Å². The first-order valence-electron chi connectivity index (χ1n) is 8.14. The molecule has 0 saturated carbocycles.